The number of amidine groups is 2. The standard InChI is InChI=1S/C27H22ClN5O3S/c1-17-5-8-20(9-6-17)35-12-3-13-36-23-10-7-18(15-22(23)28)14-21-24(29)33-27(31-25(21)34)37-26(32-33)19-4-2-11-30-16-19/h2,4-11,14-16,29H,3,12-13H2,1H3/b21-14-,29-24?. The summed E-state index contributed by atoms with van der Waals surface area (Å²) >= 11 is 7.65. The molecule has 0 bridgehead atoms. The van der Waals surface area contributed by atoms with Gasteiger partial charge in [-0.2, -0.15) is 15.1 Å². The van der Waals surface area contributed by atoms with E-state index < -0.39 is 5.91 Å². The van der Waals surface area contributed by atoms with Gasteiger partial charge >= 0.3 is 0 Å². The maximum Gasteiger partial charge on any atom is 0.283 e. The van der Waals surface area contributed by atoms with Gasteiger partial charge in [0.1, 0.15) is 16.5 Å². The lowest BCUT2D eigenvalue weighted by molar-refractivity contribution is -0.114. The second-order valence-corrected chi connectivity index (χ2v) is 9.58. The van der Waals surface area contributed by atoms with Crippen molar-refractivity contribution in [1.29, 1.82) is 5.41 Å². The second kappa shape index (κ2) is 11.0. The molecule has 0 fully saturated rings. The summed E-state index contributed by atoms with van der Waals surface area (Å²) in [5.41, 5.74) is 2.75. The highest BCUT2D eigenvalue weighted by molar-refractivity contribution is 8.27. The number of nitrogens with one attached hydrogen (secondary N) is 1. The van der Waals surface area contributed by atoms with E-state index in [0.717, 1.165) is 11.3 Å². The Kier molecular flexibility index (Phi) is 7.34. The minimum atomic E-state index is -0.503. The van der Waals surface area contributed by atoms with Crippen molar-refractivity contribution in [2.45, 2.75) is 13.3 Å². The molecule has 2 aromatic carbocycles. The summed E-state index contributed by atoms with van der Waals surface area (Å²) in [5, 5.41) is 15.7. The van der Waals surface area contributed by atoms with Crippen molar-refractivity contribution in [3.63, 3.8) is 0 Å². The Morgan fingerprint density at radius 1 is 1.11 bits per heavy atom. The molecular weight excluding hydrogens is 510 g/mol. The highest BCUT2D eigenvalue weighted by Crippen LogP contribution is 2.32. The monoisotopic (exact) mass is 531 g/mol. The molecule has 37 heavy (non-hydrogen) atoms. The summed E-state index contributed by atoms with van der Waals surface area (Å²) in [6.45, 7) is 3.00. The molecule has 0 unspecified atom stereocenters. The number of amides is 1. The van der Waals surface area contributed by atoms with Crippen LogP contribution < -0.4 is 9.47 Å². The predicted molar refractivity (Wildman–Crippen MR) is 147 cm³/mol. The molecule has 0 saturated heterocycles. The molecule has 1 amide bonds. The van der Waals surface area contributed by atoms with Crippen LogP contribution in [0.3, 0.4) is 0 Å². The highest BCUT2D eigenvalue weighted by Gasteiger charge is 2.36. The van der Waals surface area contributed by atoms with E-state index in [1.165, 1.54) is 22.3 Å². The van der Waals surface area contributed by atoms with Crippen molar-refractivity contribution in [1.82, 2.24) is 9.99 Å². The number of ether oxygens (including phenoxy) is 2. The average Bonchev–Trinajstić information content (AvgIpc) is 3.33. The lowest BCUT2D eigenvalue weighted by Crippen LogP contribution is -2.35. The van der Waals surface area contributed by atoms with Crippen LogP contribution in [0.25, 0.3) is 6.08 Å². The van der Waals surface area contributed by atoms with E-state index >= 15 is 0 Å². The number of hydrogen-bond donors (Lipinski definition) is 1. The van der Waals surface area contributed by atoms with Gasteiger partial charge in [0.05, 0.1) is 23.8 Å². The molecule has 0 aliphatic carbocycles. The van der Waals surface area contributed by atoms with Gasteiger partial charge in [0.2, 0.25) is 5.17 Å². The molecule has 3 aromatic rings. The number of rotatable bonds is 8. The van der Waals surface area contributed by atoms with Crippen molar-refractivity contribution in [2.75, 3.05) is 13.2 Å². The molecule has 5 rings (SSSR count). The Bertz CT molecular complexity index is 1440. The predicted octanol–water partition coefficient (Wildman–Crippen LogP) is 5.56. The van der Waals surface area contributed by atoms with Crippen LogP contribution in [0.5, 0.6) is 11.5 Å². The van der Waals surface area contributed by atoms with Crippen LogP contribution in [0.2, 0.25) is 5.02 Å². The van der Waals surface area contributed by atoms with E-state index in [1.54, 1.807) is 42.7 Å². The zero-order chi connectivity index (χ0) is 25.8. The lowest BCUT2D eigenvalue weighted by atomic mass is 10.1. The fourth-order valence-electron chi connectivity index (χ4n) is 3.55. The molecule has 0 saturated carbocycles. The number of aliphatic imine (C=N–C) groups is 1. The third kappa shape index (κ3) is 5.73. The highest BCUT2D eigenvalue weighted by atomic mass is 35.5. The van der Waals surface area contributed by atoms with Gasteiger partial charge in [0.15, 0.2) is 5.84 Å². The summed E-state index contributed by atoms with van der Waals surface area (Å²) in [4.78, 5) is 20.9. The van der Waals surface area contributed by atoms with E-state index in [4.69, 9.17) is 26.5 Å². The topological polar surface area (TPSA) is 100 Å². The number of nitrogens with zero attached hydrogens (tertiary/aromatic N) is 4. The van der Waals surface area contributed by atoms with Gasteiger partial charge in [-0.3, -0.25) is 15.2 Å². The van der Waals surface area contributed by atoms with Crippen molar-refractivity contribution in [2.24, 2.45) is 10.1 Å². The maximum absolute atomic E-state index is 12.7. The first-order valence-electron chi connectivity index (χ1n) is 11.5. The number of aryl methyl sites for hydroxylation is 1. The fourth-order valence-corrected chi connectivity index (χ4v) is 4.68. The Morgan fingerprint density at radius 3 is 2.68 bits per heavy atom. The van der Waals surface area contributed by atoms with Crippen LogP contribution in [0.1, 0.15) is 23.1 Å². The zero-order valence-electron chi connectivity index (χ0n) is 19.8. The quantitative estimate of drug-likeness (QED) is 0.302. The summed E-state index contributed by atoms with van der Waals surface area (Å²) in [6, 6.07) is 16.8. The smallest absolute Gasteiger partial charge is 0.283 e. The van der Waals surface area contributed by atoms with E-state index in [-0.39, 0.29) is 11.4 Å². The largest absolute Gasteiger partial charge is 0.493 e. The minimum Gasteiger partial charge on any atom is -0.493 e. The molecule has 8 nitrogen and oxygen atoms in total. The number of carbonyl (C=O) groups is 1. The number of carbonyl (C=O) groups excluding carboxylic acids is 1. The van der Waals surface area contributed by atoms with Crippen LogP contribution in [0.15, 0.2) is 82.7 Å². The Hall–Kier alpha value is -3.95. The van der Waals surface area contributed by atoms with Gasteiger partial charge in [-0.1, -0.05) is 35.4 Å². The van der Waals surface area contributed by atoms with Crippen LogP contribution in [-0.4, -0.2) is 45.2 Å². The minimum absolute atomic E-state index is 0.0496. The second-order valence-electron chi connectivity index (χ2n) is 8.22. The van der Waals surface area contributed by atoms with Gasteiger partial charge in [0.25, 0.3) is 5.91 Å². The molecule has 1 aromatic heterocycles. The molecule has 2 aliphatic rings. The number of fused-ring (bicyclic) bond motifs is 1. The SMILES string of the molecule is Cc1ccc(OCCCOc2ccc(/C=C3/C(=N)N4N=C(c5cccnc5)SC4=NC3=O)cc2Cl)cc1. The van der Waals surface area contributed by atoms with Gasteiger partial charge < -0.3 is 9.47 Å². The molecule has 0 spiro atoms. The molecule has 10 heteroatoms. The number of hydrazone groups is 1. The normalized spacial score (nSPS) is 15.9. The molecule has 0 atom stereocenters. The molecule has 3 heterocycles. The van der Waals surface area contributed by atoms with Gasteiger partial charge in [-0.25, -0.2) is 0 Å². The van der Waals surface area contributed by atoms with Gasteiger partial charge in [-0.15, -0.1) is 0 Å². The van der Waals surface area contributed by atoms with Crippen LogP contribution in [0, 0.1) is 12.3 Å². The first-order valence-corrected chi connectivity index (χ1v) is 12.7. The number of thioether (sulfide) groups is 1. The summed E-state index contributed by atoms with van der Waals surface area (Å²) in [7, 11) is 0. The van der Waals surface area contributed by atoms with Crippen molar-refractivity contribution in [3.8, 4) is 11.5 Å². The van der Waals surface area contributed by atoms with Crippen LogP contribution in [-0.2, 0) is 4.79 Å². The first-order chi connectivity index (χ1) is 18.0. The summed E-state index contributed by atoms with van der Waals surface area (Å²) < 4.78 is 11.5. The third-order valence-corrected chi connectivity index (χ3v) is 6.72. The molecule has 1 N–H and O–H groups in total. The van der Waals surface area contributed by atoms with Gasteiger partial charge in [0, 0.05) is 24.4 Å². The fraction of sp³-hybridized carbons (Fsp3) is 0.148. The average molecular weight is 532 g/mol. The van der Waals surface area contributed by atoms with Gasteiger partial charge in [-0.05, 0) is 66.7 Å². The van der Waals surface area contributed by atoms with Crippen LogP contribution >= 0.6 is 23.4 Å². The Morgan fingerprint density at radius 2 is 1.92 bits per heavy atom. The molecular formula is C27H22ClN5O3S. The maximum atomic E-state index is 12.7. The van der Waals surface area contributed by atoms with Crippen LogP contribution in [0.4, 0.5) is 0 Å². The number of pyridine rings is 1. The van der Waals surface area contributed by atoms with E-state index in [1.807, 2.05) is 37.3 Å². The number of hydrogen-bond acceptors (Lipinski definition) is 7. The summed E-state index contributed by atoms with van der Waals surface area (Å²) in [5.74, 6) is 0.806. The van der Waals surface area contributed by atoms with E-state index in [0.29, 0.717) is 46.2 Å². The van der Waals surface area contributed by atoms with Crippen molar-refractivity contribution >= 4 is 51.4 Å². The van der Waals surface area contributed by atoms with E-state index in [9.17, 15) is 4.79 Å². The molecule has 186 valence electrons. The van der Waals surface area contributed by atoms with E-state index in [2.05, 4.69) is 15.1 Å². The first kappa shape index (κ1) is 24.7. The number of benzene rings is 2. The molecule has 2 aliphatic heterocycles. The lowest BCUT2D eigenvalue weighted by Gasteiger charge is -2.20. The summed E-state index contributed by atoms with van der Waals surface area (Å²) in [6.07, 6.45) is 5.62. The van der Waals surface area contributed by atoms with Crippen molar-refractivity contribution in [3.05, 3.63) is 94.3 Å². The number of aromatic nitrogens is 1. The number of halogens is 1. The Labute approximate surface area is 223 Å². The third-order valence-electron chi connectivity index (χ3n) is 5.47. The zero-order valence-corrected chi connectivity index (χ0v) is 21.4. The van der Waals surface area contributed by atoms with Crippen molar-refractivity contribution < 1.29 is 14.3 Å². The molecule has 0 radical (unpaired) electrons. The Balaban J connectivity index is 1.21.